The second kappa shape index (κ2) is 6.22. The molecule has 21 heavy (non-hydrogen) atoms. The fourth-order valence-electron chi connectivity index (χ4n) is 3.67. The van der Waals surface area contributed by atoms with Gasteiger partial charge in [0.2, 0.25) is 0 Å². The summed E-state index contributed by atoms with van der Waals surface area (Å²) in [6.07, 6.45) is 6.95. The summed E-state index contributed by atoms with van der Waals surface area (Å²) in [7, 11) is 0. The van der Waals surface area contributed by atoms with Gasteiger partial charge in [-0.2, -0.15) is 0 Å². The van der Waals surface area contributed by atoms with Gasteiger partial charge >= 0.3 is 12.0 Å². The van der Waals surface area contributed by atoms with Crippen LogP contribution in [0.5, 0.6) is 0 Å². The van der Waals surface area contributed by atoms with Crippen LogP contribution in [0, 0.1) is 5.92 Å². The van der Waals surface area contributed by atoms with Crippen molar-refractivity contribution in [3.63, 3.8) is 0 Å². The van der Waals surface area contributed by atoms with E-state index in [2.05, 4.69) is 15.5 Å². The number of carboxylic acid groups (broad SMARTS) is 1. The van der Waals surface area contributed by atoms with Crippen molar-refractivity contribution in [2.75, 3.05) is 13.1 Å². The van der Waals surface area contributed by atoms with E-state index in [4.69, 9.17) is 0 Å². The quantitative estimate of drug-likeness (QED) is 0.727. The van der Waals surface area contributed by atoms with E-state index in [-0.39, 0.29) is 18.1 Å². The molecule has 0 aromatic carbocycles. The van der Waals surface area contributed by atoms with Gasteiger partial charge in [0.05, 0.1) is 5.92 Å². The topological polar surface area (TPSA) is 81.7 Å². The van der Waals surface area contributed by atoms with Gasteiger partial charge in [0.25, 0.3) is 0 Å². The summed E-state index contributed by atoms with van der Waals surface area (Å²) in [4.78, 5) is 25.8. The van der Waals surface area contributed by atoms with Crippen molar-refractivity contribution in [3.05, 3.63) is 0 Å². The third kappa shape index (κ3) is 3.67. The molecule has 1 aliphatic heterocycles. The Labute approximate surface area is 125 Å². The number of hydrogen-bond donors (Lipinski definition) is 3. The fraction of sp³-hybridized carbons (Fsp3) is 0.867. The molecular weight excluding hydrogens is 270 g/mol. The molecule has 2 saturated carbocycles. The molecule has 0 aromatic rings. The first-order valence-corrected chi connectivity index (χ1v) is 8.17. The highest BCUT2D eigenvalue weighted by Gasteiger charge is 2.36. The summed E-state index contributed by atoms with van der Waals surface area (Å²) < 4.78 is 0. The molecular formula is C15H25N3O3. The van der Waals surface area contributed by atoms with Gasteiger partial charge < -0.3 is 15.7 Å². The standard InChI is InChI=1S/C15H25N3O3/c19-14(20)12-3-1-2-4-13(12)17-15(21)16-10-7-8-18(9-10)11-5-6-11/h10-13H,1-9H2,(H,19,20)(H2,16,17,21). The van der Waals surface area contributed by atoms with Crippen molar-refractivity contribution < 1.29 is 14.7 Å². The van der Waals surface area contributed by atoms with Crippen molar-refractivity contribution in [1.82, 2.24) is 15.5 Å². The molecule has 3 atom stereocenters. The molecule has 0 bridgehead atoms. The second-order valence-electron chi connectivity index (χ2n) is 6.67. The normalized spacial score (nSPS) is 33.6. The van der Waals surface area contributed by atoms with Gasteiger partial charge in [-0.1, -0.05) is 12.8 Å². The van der Waals surface area contributed by atoms with Crippen LogP contribution in [0.3, 0.4) is 0 Å². The minimum Gasteiger partial charge on any atom is -0.481 e. The number of hydrogen-bond acceptors (Lipinski definition) is 3. The van der Waals surface area contributed by atoms with Crippen LogP contribution in [0.4, 0.5) is 4.79 Å². The SMILES string of the molecule is O=C(NC1CCN(C2CC2)C1)NC1CCCCC1C(=O)O. The Kier molecular flexibility index (Phi) is 4.33. The zero-order chi connectivity index (χ0) is 14.8. The maximum absolute atomic E-state index is 12.1. The molecule has 3 N–H and O–H groups in total. The molecule has 0 radical (unpaired) electrons. The first kappa shape index (κ1) is 14.6. The van der Waals surface area contributed by atoms with Crippen LogP contribution in [-0.4, -0.2) is 53.2 Å². The molecule has 2 aliphatic carbocycles. The monoisotopic (exact) mass is 295 g/mol. The maximum Gasteiger partial charge on any atom is 0.315 e. The van der Waals surface area contributed by atoms with Crippen LogP contribution in [0.15, 0.2) is 0 Å². The summed E-state index contributed by atoms with van der Waals surface area (Å²) in [6.45, 7) is 2.00. The van der Waals surface area contributed by atoms with E-state index < -0.39 is 11.9 Å². The van der Waals surface area contributed by atoms with Crippen LogP contribution in [0.2, 0.25) is 0 Å². The Morgan fingerprint density at radius 1 is 1.00 bits per heavy atom. The number of nitrogens with zero attached hydrogens (tertiary/aromatic N) is 1. The Bertz CT molecular complexity index is 411. The molecule has 6 nitrogen and oxygen atoms in total. The molecule has 3 unspecified atom stereocenters. The lowest BCUT2D eigenvalue weighted by Crippen LogP contribution is -2.51. The molecule has 3 fully saturated rings. The van der Waals surface area contributed by atoms with Crippen LogP contribution in [0.25, 0.3) is 0 Å². The van der Waals surface area contributed by atoms with E-state index in [1.807, 2.05) is 0 Å². The zero-order valence-electron chi connectivity index (χ0n) is 12.4. The van der Waals surface area contributed by atoms with Crippen LogP contribution in [0.1, 0.15) is 44.9 Å². The first-order chi connectivity index (χ1) is 10.1. The molecule has 2 amide bonds. The minimum absolute atomic E-state index is 0.198. The predicted octanol–water partition coefficient (Wildman–Crippen LogP) is 1.17. The highest BCUT2D eigenvalue weighted by atomic mass is 16.4. The molecule has 0 aromatic heterocycles. The summed E-state index contributed by atoms with van der Waals surface area (Å²) in [5.41, 5.74) is 0. The third-order valence-electron chi connectivity index (χ3n) is 5.02. The van der Waals surface area contributed by atoms with Gasteiger partial charge in [-0.25, -0.2) is 4.79 Å². The van der Waals surface area contributed by atoms with Gasteiger partial charge in [-0.3, -0.25) is 9.69 Å². The number of urea groups is 1. The largest absolute Gasteiger partial charge is 0.481 e. The van der Waals surface area contributed by atoms with E-state index in [0.717, 1.165) is 44.8 Å². The van der Waals surface area contributed by atoms with Crippen molar-refractivity contribution in [3.8, 4) is 0 Å². The van der Waals surface area contributed by atoms with Crippen molar-refractivity contribution >= 4 is 12.0 Å². The number of amides is 2. The minimum atomic E-state index is -0.791. The number of rotatable bonds is 4. The number of nitrogens with one attached hydrogen (secondary N) is 2. The Hall–Kier alpha value is -1.30. The number of aliphatic carboxylic acids is 1. The Morgan fingerprint density at radius 2 is 1.76 bits per heavy atom. The predicted molar refractivity (Wildman–Crippen MR) is 78.0 cm³/mol. The van der Waals surface area contributed by atoms with E-state index in [9.17, 15) is 14.7 Å². The third-order valence-corrected chi connectivity index (χ3v) is 5.02. The molecule has 1 heterocycles. The molecule has 1 saturated heterocycles. The van der Waals surface area contributed by atoms with Crippen molar-refractivity contribution in [1.29, 1.82) is 0 Å². The van der Waals surface area contributed by atoms with Crippen molar-refractivity contribution in [2.45, 2.75) is 63.1 Å². The lowest BCUT2D eigenvalue weighted by Gasteiger charge is -2.29. The summed E-state index contributed by atoms with van der Waals surface area (Å²) in [6, 6.07) is 0.528. The first-order valence-electron chi connectivity index (χ1n) is 8.17. The smallest absolute Gasteiger partial charge is 0.315 e. The number of carbonyl (C=O) groups excluding carboxylic acids is 1. The molecule has 3 aliphatic rings. The van der Waals surface area contributed by atoms with Crippen LogP contribution >= 0.6 is 0 Å². The number of likely N-dealkylation sites (tertiary alicyclic amines) is 1. The van der Waals surface area contributed by atoms with E-state index in [1.165, 1.54) is 12.8 Å². The molecule has 118 valence electrons. The highest BCUT2D eigenvalue weighted by molar-refractivity contribution is 5.77. The van der Waals surface area contributed by atoms with Gasteiger partial charge in [-0.15, -0.1) is 0 Å². The Morgan fingerprint density at radius 3 is 2.48 bits per heavy atom. The van der Waals surface area contributed by atoms with E-state index >= 15 is 0 Å². The van der Waals surface area contributed by atoms with E-state index in [1.54, 1.807) is 0 Å². The summed E-state index contributed by atoms with van der Waals surface area (Å²) >= 11 is 0. The lowest BCUT2D eigenvalue weighted by atomic mass is 9.84. The van der Waals surface area contributed by atoms with E-state index in [0.29, 0.717) is 6.42 Å². The average molecular weight is 295 g/mol. The highest BCUT2D eigenvalue weighted by Crippen LogP contribution is 2.29. The zero-order valence-corrected chi connectivity index (χ0v) is 12.4. The van der Waals surface area contributed by atoms with Crippen molar-refractivity contribution in [2.24, 2.45) is 5.92 Å². The van der Waals surface area contributed by atoms with Gasteiger partial charge in [0.1, 0.15) is 0 Å². The summed E-state index contributed by atoms with van der Waals surface area (Å²) in [5, 5.41) is 15.1. The Balaban J connectivity index is 1.45. The second-order valence-corrected chi connectivity index (χ2v) is 6.67. The summed E-state index contributed by atoms with van der Waals surface area (Å²) in [5.74, 6) is -1.23. The maximum atomic E-state index is 12.1. The fourth-order valence-corrected chi connectivity index (χ4v) is 3.67. The molecule has 3 rings (SSSR count). The average Bonchev–Trinajstić information content (AvgIpc) is 3.20. The van der Waals surface area contributed by atoms with Crippen LogP contribution < -0.4 is 10.6 Å². The lowest BCUT2D eigenvalue weighted by molar-refractivity contribution is -0.143. The molecule has 6 heteroatoms. The number of carboxylic acids is 1. The van der Waals surface area contributed by atoms with Crippen LogP contribution in [-0.2, 0) is 4.79 Å². The number of carbonyl (C=O) groups is 2. The van der Waals surface area contributed by atoms with Gasteiger partial charge in [-0.05, 0) is 32.1 Å². The van der Waals surface area contributed by atoms with Gasteiger partial charge in [0.15, 0.2) is 0 Å². The van der Waals surface area contributed by atoms with Gasteiger partial charge in [0, 0.05) is 31.2 Å². The molecule has 0 spiro atoms.